The second-order valence-electron chi connectivity index (χ2n) is 6.12. The van der Waals surface area contributed by atoms with E-state index in [1.165, 1.54) is 12.1 Å². The first-order chi connectivity index (χ1) is 13.2. The summed E-state index contributed by atoms with van der Waals surface area (Å²) in [7, 11) is 0. The fraction of sp³-hybridized carbons (Fsp3) is 0.200. The molecule has 0 radical (unpaired) electrons. The van der Waals surface area contributed by atoms with Crippen LogP contribution in [-0.2, 0) is 0 Å². The molecule has 0 heterocycles. The fourth-order valence-corrected chi connectivity index (χ4v) is 2.83. The highest BCUT2D eigenvalue weighted by molar-refractivity contribution is 6.31. The average Bonchev–Trinajstić information content (AvgIpc) is 2.65. The Morgan fingerprint density at radius 2 is 1.04 bits per heavy atom. The standard InChI is InChI=1S/C20H20Cl2O6/c21-13-5-1-3-11(7-13)9-15(23)17(25)19(27)20(28)18(26)16(24)10-12-4-2-6-14(22)8-12/h1-10,17-20,23-28H/t17-,18+,19-,20-/m1/s1. The molecule has 6 N–H and O–H groups in total. The van der Waals surface area contributed by atoms with Crippen molar-refractivity contribution in [3.63, 3.8) is 0 Å². The summed E-state index contributed by atoms with van der Waals surface area (Å²) < 4.78 is 0. The van der Waals surface area contributed by atoms with Crippen LogP contribution in [0.3, 0.4) is 0 Å². The molecule has 150 valence electrons. The molecule has 28 heavy (non-hydrogen) atoms. The van der Waals surface area contributed by atoms with Gasteiger partial charge in [-0.15, -0.1) is 0 Å². The van der Waals surface area contributed by atoms with Crippen molar-refractivity contribution >= 4 is 35.4 Å². The van der Waals surface area contributed by atoms with Crippen LogP contribution in [-0.4, -0.2) is 55.1 Å². The Kier molecular flexibility index (Phi) is 7.88. The molecule has 6 nitrogen and oxygen atoms in total. The molecule has 0 aromatic heterocycles. The Morgan fingerprint density at radius 1 is 0.679 bits per heavy atom. The third kappa shape index (κ3) is 5.97. The highest BCUT2D eigenvalue weighted by atomic mass is 35.5. The number of aliphatic hydroxyl groups is 6. The van der Waals surface area contributed by atoms with Gasteiger partial charge >= 0.3 is 0 Å². The van der Waals surface area contributed by atoms with E-state index >= 15 is 0 Å². The van der Waals surface area contributed by atoms with Crippen LogP contribution in [0, 0.1) is 0 Å². The first kappa shape index (κ1) is 22.2. The third-order valence-corrected chi connectivity index (χ3v) is 4.40. The van der Waals surface area contributed by atoms with Gasteiger partial charge in [0.05, 0.1) is 0 Å². The maximum absolute atomic E-state index is 10.1. The van der Waals surface area contributed by atoms with Crippen molar-refractivity contribution in [3.8, 4) is 0 Å². The van der Waals surface area contributed by atoms with Crippen LogP contribution in [0.1, 0.15) is 11.1 Å². The lowest BCUT2D eigenvalue weighted by Crippen LogP contribution is -2.45. The van der Waals surface area contributed by atoms with Crippen LogP contribution >= 0.6 is 23.2 Å². The summed E-state index contributed by atoms with van der Waals surface area (Å²) in [5, 5.41) is 61.0. The molecule has 0 unspecified atom stereocenters. The van der Waals surface area contributed by atoms with Crippen LogP contribution in [0.15, 0.2) is 60.0 Å². The van der Waals surface area contributed by atoms with Crippen LogP contribution < -0.4 is 0 Å². The third-order valence-electron chi connectivity index (χ3n) is 3.93. The Bertz CT molecular complexity index is 796. The highest BCUT2D eigenvalue weighted by Crippen LogP contribution is 2.20. The molecular weight excluding hydrogens is 407 g/mol. The van der Waals surface area contributed by atoms with Crippen molar-refractivity contribution < 1.29 is 30.6 Å². The molecule has 8 heteroatoms. The Labute approximate surface area is 171 Å². The number of halogens is 2. The van der Waals surface area contributed by atoms with E-state index in [2.05, 4.69) is 0 Å². The topological polar surface area (TPSA) is 121 Å². The average molecular weight is 427 g/mol. The zero-order valence-corrected chi connectivity index (χ0v) is 16.0. The maximum atomic E-state index is 10.1. The summed E-state index contributed by atoms with van der Waals surface area (Å²) in [6.07, 6.45) is -5.49. The molecule has 2 aromatic carbocycles. The number of rotatable bonds is 7. The Hall–Kier alpha value is -2.06. The van der Waals surface area contributed by atoms with Gasteiger partial charge in [-0.1, -0.05) is 47.5 Å². The minimum atomic E-state index is -1.99. The SMILES string of the molecule is OC(=Cc1cccc(Cl)c1)[C@@H](O)[C@@H](O)[C@H](O)[C@@H](O)C(O)=Cc1cccc(Cl)c1. The molecule has 0 spiro atoms. The zero-order chi connectivity index (χ0) is 20.8. The quantitative estimate of drug-likeness (QED) is 0.378. The van der Waals surface area contributed by atoms with Crippen molar-refractivity contribution in [2.24, 2.45) is 0 Å². The lowest BCUT2D eigenvalue weighted by molar-refractivity contribution is -0.0996. The minimum absolute atomic E-state index is 0.406. The van der Waals surface area contributed by atoms with Gasteiger partial charge in [-0.2, -0.15) is 0 Å². The first-order valence-electron chi connectivity index (χ1n) is 8.23. The molecule has 2 aromatic rings. The highest BCUT2D eigenvalue weighted by Gasteiger charge is 2.34. The van der Waals surface area contributed by atoms with Gasteiger partial charge in [0.1, 0.15) is 35.9 Å². The lowest BCUT2D eigenvalue weighted by atomic mass is 9.99. The molecule has 0 aliphatic heterocycles. The smallest absolute Gasteiger partial charge is 0.139 e. The minimum Gasteiger partial charge on any atom is -0.509 e. The van der Waals surface area contributed by atoms with Gasteiger partial charge in [-0.25, -0.2) is 0 Å². The number of hydrogen-bond acceptors (Lipinski definition) is 6. The van der Waals surface area contributed by atoms with Crippen molar-refractivity contribution in [2.75, 3.05) is 0 Å². The van der Waals surface area contributed by atoms with Gasteiger partial charge < -0.3 is 30.6 Å². The maximum Gasteiger partial charge on any atom is 0.139 e. The number of hydrogen-bond donors (Lipinski definition) is 6. The summed E-state index contributed by atoms with van der Waals surface area (Å²) >= 11 is 11.7. The lowest BCUT2D eigenvalue weighted by Gasteiger charge is -2.26. The molecular formula is C20H20Cl2O6. The molecule has 4 atom stereocenters. The monoisotopic (exact) mass is 426 g/mol. The molecule has 0 aliphatic rings. The first-order valence-corrected chi connectivity index (χ1v) is 8.99. The summed E-state index contributed by atoms with van der Waals surface area (Å²) in [5.41, 5.74) is 0.907. The predicted molar refractivity (Wildman–Crippen MR) is 108 cm³/mol. The summed E-state index contributed by atoms with van der Waals surface area (Å²) in [4.78, 5) is 0. The van der Waals surface area contributed by atoms with E-state index in [1.807, 2.05) is 0 Å². The second-order valence-corrected chi connectivity index (χ2v) is 6.99. The van der Waals surface area contributed by atoms with Crippen molar-refractivity contribution in [1.29, 1.82) is 0 Å². The van der Waals surface area contributed by atoms with Gasteiger partial charge in [-0.3, -0.25) is 0 Å². The largest absolute Gasteiger partial charge is 0.509 e. The summed E-state index contributed by atoms with van der Waals surface area (Å²) in [6, 6.07) is 12.7. The molecule has 0 saturated carbocycles. The van der Waals surface area contributed by atoms with Crippen LogP contribution in [0.4, 0.5) is 0 Å². The van der Waals surface area contributed by atoms with Crippen molar-refractivity contribution in [3.05, 3.63) is 81.2 Å². The Balaban J connectivity index is 2.12. The van der Waals surface area contributed by atoms with E-state index in [0.29, 0.717) is 21.2 Å². The molecule has 0 aliphatic carbocycles. The predicted octanol–water partition coefficient (Wildman–Crippen LogP) is 2.94. The normalized spacial score (nSPS) is 17.1. The van der Waals surface area contributed by atoms with Gasteiger partial charge in [0.25, 0.3) is 0 Å². The van der Waals surface area contributed by atoms with Crippen LogP contribution in [0.2, 0.25) is 10.0 Å². The van der Waals surface area contributed by atoms with E-state index in [0.717, 1.165) is 12.2 Å². The van der Waals surface area contributed by atoms with Gasteiger partial charge in [0.15, 0.2) is 0 Å². The van der Waals surface area contributed by atoms with E-state index in [1.54, 1.807) is 36.4 Å². The molecule has 2 rings (SSSR count). The van der Waals surface area contributed by atoms with E-state index in [9.17, 15) is 30.6 Å². The molecule has 0 fully saturated rings. The van der Waals surface area contributed by atoms with Crippen LogP contribution in [0.5, 0.6) is 0 Å². The van der Waals surface area contributed by atoms with Gasteiger partial charge in [0.2, 0.25) is 0 Å². The van der Waals surface area contributed by atoms with Crippen molar-refractivity contribution in [2.45, 2.75) is 24.4 Å². The van der Waals surface area contributed by atoms with E-state index < -0.39 is 35.9 Å². The zero-order valence-electron chi connectivity index (χ0n) is 14.5. The van der Waals surface area contributed by atoms with E-state index in [-0.39, 0.29) is 0 Å². The summed E-state index contributed by atoms with van der Waals surface area (Å²) in [5.74, 6) is -1.31. The number of aliphatic hydroxyl groups excluding tert-OH is 6. The van der Waals surface area contributed by atoms with Gasteiger partial charge in [-0.05, 0) is 47.5 Å². The molecule has 0 bridgehead atoms. The van der Waals surface area contributed by atoms with Crippen LogP contribution in [0.25, 0.3) is 12.2 Å². The second kappa shape index (κ2) is 9.93. The van der Waals surface area contributed by atoms with Crippen molar-refractivity contribution in [1.82, 2.24) is 0 Å². The molecule has 0 amide bonds. The van der Waals surface area contributed by atoms with Gasteiger partial charge in [0, 0.05) is 10.0 Å². The Morgan fingerprint density at radius 3 is 1.36 bits per heavy atom. The van der Waals surface area contributed by atoms with E-state index in [4.69, 9.17) is 23.2 Å². The fourth-order valence-electron chi connectivity index (χ4n) is 2.43. The summed E-state index contributed by atoms with van der Waals surface area (Å²) in [6.45, 7) is 0. The number of benzene rings is 2. The molecule has 0 saturated heterocycles.